The van der Waals surface area contributed by atoms with E-state index in [0.29, 0.717) is 10.4 Å². The number of carbonyl (C=O) groups excluding carboxylic acids is 2. The van der Waals surface area contributed by atoms with Gasteiger partial charge in [-0.15, -0.1) is 0 Å². The zero-order valence-electron chi connectivity index (χ0n) is 17.7. The molecule has 0 radical (unpaired) electrons. The van der Waals surface area contributed by atoms with Crippen molar-refractivity contribution in [3.63, 3.8) is 0 Å². The summed E-state index contributed by atoms with van der Waals surface area (Å²) in [6, 6.07) is 3.97. The third-order valence-corrected chi connectivity index (χ3v) is 6.47. The van der Waals surface area contributed by atoms with Gasteiger partial charge < -0.3 is 15.0 Å². The molecule has 2 amide bonds. The van der Waals surface area contributed by atoms with E-state index in [0.717, 1.165) is 45.6 Å². The van der Waals surface area contributed by atoms with Gasteiger partial charge in [0.25, 0.3) is 5.91 Å². The summed E-state index contributed by atoms with van der Waals surface area (Å²) in [5.74, 6) is -0.192. The lowest BCUT2D eigenvalue weighted by molar-refractivity contribution is -0.132. The standard InChI is InChI=1S/C22H31BrFN3O3/c1-15-12-26(13-16(2)30-15)14-17-6-9-27(10-7-17)21(28)5-8-25-22(29)19-11-18(24)3-4-20(19)23/h3-4,11,15-17H,5-10,12-14H2,1-2H3,(H,25,29). The molecule has 1 aromatic carbocycles. The number of benzene rings is 1. The van der Waals surface area contributed by atoms with E-state index in [1.807, 2.05) is 4.90 Å². The Balaban J connectivity index is 1.37. The first-order chi connectivity index (χ1) is 14.3. The molecule has 0 saturated carbocycles. The Bertz CT molecular complexity index is 745. The molecule has 0 aromatic heterocycles. The average Bonchev–Trinajstić information content (AvgIpc) is 2.69. The fraction of sp³-hybridized carbons (Fsp3) is 0.636. The molecule has 1 N–H and O–H groups in total. The van der Waals surface area contributed by atoms with Crippen LogP contribution in [0.15, 0.2) is 22.7 Å². The molecule has 2 fully saturated rings. The Morgan fingerprint density at radius 2 is 1.87 bits per heavy atom. The maximum absolute atomic E-state index is 13.3. The number of amides is 2. The van der Waals surface area contributed by atoms with Crippen LogP contribution in [0.5, 0.6) is 0 Å². The predicted molar refractivity (Wildman–Crippen MR) is 117 cm³/mol. The van der Waals surface area contributed by atoms with E-state index in [2.05, 4.69) is 40.0 Å². The number of carbonyl (C=O) groups is 2. The molecule has 3 rings (SSSR count). The van der Waals surface area contributed by atoms with E-state index < -0.39 is 5.82 Å². The molecular formula is C22H31BrFN3O3. The topological polar surface area (TPSA) is 61.9 Å². The van der Waals surface area contributed by atoms with Gasteiger partial charge in [0.05, 0.1) is 17.8 Å². The van der Waals surface area contributed by atoms with Crippen molar-refractivity contribution in [2.24, 2.45) is 5.92 Å². The summed E-state index contributed by atoms with van der Waals surface area (Å²) in [5, 5.41) is 2.71. The first kappa shape index (κ1) is 23.2. The van der Waals surface area contributed by atoms with Gasteiger partial charge in [0, 0.05) is 50.2 Å². The number of morpholine rings is 1. The number of halogens is 2. The fourth-order valence-corrected chi connectivity index (χ4v) is 4.80. The molecule has 0 bridgehead atoms. The van der Waals surface area contributed by atoms with Crippen molar-refractivity contribution in [2.75, 3.05) is 39.3 Å². The minimum absolute atomic E-state index is 0.0562. The molecule has 166 valence electrons. The smallest absolute Gasteiger partial charge is 0.252 e. The second kappa shape index (κ2) is 10.7. The number of hydrogen-bond acceptors (Lipinski definition) is 4. The van der Waals surface area contributed by atoms with Gasteiger partial charge in [-0.05, 0) is 66.7 Å². The third-order valence-electron chi connectivity index (χ3n) is 5.78. The first-order valence-electron chi connectivity index (χ1n) is 10.7. The molecule has 2 heterocycles. The second-order valence-electron chi connectivity index (χ2n) is 8.43. The van der Waals surface area contributed by atoms with Crippen LogP contribution in [0, 0.1) is 11.7 Å². The molecule has 2 aliphatic heterocycles. The van der Waals surface area contributed by atoms with Crippen molar-refractivity contribution in [1.82, 2.24) is 15.1 Å². The van der Waals surface area contributed by atoms with Crippen LogP contribution in [0.4, 0.5) is 4.39 Å². The lowest BCUT2D eigenvalue weighted by atomic mass is 9.95. The van der Waals surface area contributed by atoms with Gasteiger partial charge >= 0.3 is 0 Å². The normalized spacial score (nSPS) is 23.4. The van der Waals surface area contributed by atoms with Gasteiger partial charge in [-0.1, -0.05) is 0 Å². The van der Waals surface area contributed by atoms with Gasteiger partial charge in [0.1, 0.15) is 5.82 Å². The summed E-state index contributed by atoms with van der Waals surface area (Å²) in [5.41, 5.74) is 0.231. The van der Waals surface area contributed by atoms with Crippen LogP contribution < -0.4 is 5.32 Å². The number of nitrogens with one attached hydrogen (secondary N) is 1. The maximum Gasteiger partial charge on any atom is 0.252 e. The van der Waals surface area contributed by atoms with Crippen LogP contribution in [-0.2, 0) is 9.53 Å². The van der Waals surface area contributed by atoms with E-state index in [-0.39, 0.29) is 42.6 Å². The van der Waals surface area contributed by atoms with Crippen molar-refractivity contribution in [3.8, 4) is 0 Å². The highest BCUT2D eigenvalue weighted by molar-refractivity contribution is 9.10. The highest BCUT2D eigenvalue weighted by atomic mass is 79.9. The Morgan fingerprint density at radius 3 is 2.53 bits per heavy atom. The van der Waals surface area contributed by atoms with Gasteiger partial charge in [0.2, 0.25) is 5.91 Å². The van der Waals surface area contributed by atoms with E-state index in [1.165, 1.54) is 18.2 Å². The minimum atomic E-state index is -0.469. The number of piperidine rings is 1. The van der Waals surface area contributed by atoms with Crippen molar-refractivity contribution >= 4 is 27.7 Å². The predicted octanol–water partition coefficient (Wildman–Crippen LogP) is 3.06. The van der Waals surface area contributed by atoms with E-state index >= 15 is 0 Å². The summed E-state index contributed by atoms with van der Waals surface area (Å²) in [6.45, 7) is 9.04. The van der Waals surface area contributed by atoms with Gasteiger partial charge in [-0.3, -0.25) is 14.5 Å². The summed E-state index contributed by atoms with van der Waals surface area (Å²) in [7, 11) is 0. The number of hydrogen-bond donors (Lipinski definition) is 1. The molecular weight excluding hydrogens is 453 g/mol. The van der Waals surface area contributed by atoms with Crippen LogP contribution in [-0.4, -0.2) is 73.1 Å². The highest BCUT2D eigenvalue weighted by Gasteiger charge is 2.27. The van der Waals surface area contributed by atoms with Crippen molar-refractivity contribution in [3.05, 3.63) is 34.1 Å². The van der Waals surface area contributed by atoms with E-state index in [9.17, 15) is 14.0 Å². The molecule has 0 aliphatic carbocycles. The molecule has 0 spiro atoms. The Hall–Kier alpha value is -1.51. The van der Waals surface area contributed by atoms with Crippen molar-refractivity contribution in [1.29, 1.82) is 0 Å². The van der Waals surface area contributed by atoms with Crippen LogP contribution in [0.25, 0.3) is 0 Å². The fourth-order valence-electron chi connectivity index (χ4n) is 4.37. The summed E-state index contributed by atoms with van der Waals surface area (Å²) in [4.78, 5) is 29.1. The van der Waals surface area contributed by atoms with Gasteiger partial charge in [-0.25, -0.2) is 4.39 Å². The van der Waals surface area contributed by atoms with Crippen molar-refractivity contribution < 1.29 is 18.7 Å². The van der Waals surface area contributed by atoms with Crippen molar-refractivity contribution in [2.45, 2.75) is 45.3 Å². The largest absolute Gasteiger partial charge is 0.373 e. The van der Waals surface area contributed by atoms with Crippen LogP contribution in [0.2, 0.25) is 0 Å². The zero-order valence-corrected chi connectivity index (χ0v) is 19.3. The minimum Gasteiger partial charge on any atom is -0.373 e. The average molecular weight is 484 g/mol. The molecule has 2 unspecified atom stereocenters. The monoisotopic (exact) mass is 483 g/mol. The van der Waals surface area contributed by atoms with Gasteiger partial charge in [-0.2, -0.15) is 0 Å². The second-order valence-corrected chi connectivity index (χ2v) is 9.28. The molecule has 1 aromatic rings. The number of nitrogens with zero attached hydrogens (tertiary/aromatic N) is 2. The summed E-state index contributed by atoms with van der Waals surface area (Å²) < 4.78 is 19.7. The number of rotatable bonds is 6. The summed E-state index contributed by atoms with van der Waals surface area (Å²) >= 11 is 3.25. The summed E-state index contributed by atoms with van der Waals surface area (Å²) in [6.07, 6.45) is 2.82. The quantitative estimate of drug-likeness (QED) is 0.675. The Labute approximate surface area is 186 Å². The lowest BCUT2D eigenvalue weighted by Gasteiger charge is -2.39. The number of ether oxygens (including phenoxy) is 1. The zero-order chi connectivity index (χ0) is 21.7. The first-order valence-corrected chi connectivity index (χ1v) is 11.5. The molecule has 2 aliphatic rings. The van der Waals surface area contributed by atoms with Crippen LogP contribution in [0.1, 0.15) is 43.5 Å². The molecule has 6 nitrogen and oxygen atoms in total. The van der Waals surface area contributed by atoms with Crippen LogP contribution in [0.3, 0.4) is 0 Å². The maximum atomic E-state index is 13.3. The van der Waals surface area contributed by atoms with Gasteiger partial charge in [0.15, 0.2) is 0 Å². The molecule has 2 saturated heterocycles. The number of likely N-dealkylation sites (tertiary alicyclic amines) is 1. The Morgan fingerprint density at radius 1 is 1.20 bits per heavy atom. The molecule has 30 heavy (non-hydrogen) atoms. The SMILES string of the molecule is CC1CN(CC2CCN(C(=O)CCNC(=O)c3cc(F)ccc3Br)CC2)CC(C)O1. The van der Waals surface area contributed by atoms with E-state index in [4.69, 9.17) is 4.74 Å². The van der Waals surface area contributed by atoms with Crippen LogP contribution >= 0.6 is 15.9 Å². The third kappa shape index (κ3) is 6.49. The van der Waals surface area contributed by atoms with E-state index in [1.54, 1.807) is 0 Å². The Kier molecular flexibility index (Phi) is 8.25. The molecule has 8 heteroatoms. The molecule has 2 atom stereocenters. The highest BCUT2D eigenvalue weighted by Crippen LogP contribution is 2.21. The lowest BCUT2D eigenvalue weighted by Crippen LogP contribution is -2.48.